The minimum absolute atomic E-state index is 0.00423. The standard InChI is InChI=1S/C36H39Cl2FN4O9S/c1-36(2,3)51-35(48)40-17-16-27(33(46)41-26-13-12-25(37)31(38)32(26)39)42-34(47)28-19-22-10-11-24(52-53(4,49)50)18-23(22)20-43(28)30(45)15-14-29(44)21-8-6-5-7-9-21/h5-13,18,27-28H,14-17,19-20H2,1-4H3,(H,40,48)(H,41,46)(H,42,47)/t27-,28-/m0/s1. The molecular formula is C36H39Cl2FN4O9S. The third-order valence-electron chi connectivity index (χ3n) is 7.87. The normalized spacial score (nSPS) is 14.7. The molecule has 4 rings (SSSR count). The average molecular weight is 794 g/mol. The van der Waals surface area contributed by atoms with Crippen LogP contribution in [-0.4, -0.2) is 73.4 Å². The maximum Gasteiger partial charge on any atom is 0.407 e. The highest BCUT2D eigenvalue weighted by Gasteiger charge is 2.37. The van der Waals surface area contributed by atoms with Gasteiger partial charge in [0.05, 0.1) is 22.0 Å². The highest BCUT2D eigenvalue weighted by Crippen LogP contribution is 2.31. The van der Waals surface area contributed by atoms with Crippen molar-refractivity contribution < 1.29 is 45.7 Å². The van der Waals surface area contributed by atoms with E-state index in [1.807, 2.05) is 0 Å². The second-order valence-electron chi connectivity index (χ2n) is 13.2. The molecule has 0 unspecified atom stereocenters. The van der Waals surface area contributed by atoms with E-state index in [0.717, 1.165) is 6.26 Å². The molecule has 0 saturated heterocycles. The first-order valence-electron chi connectivity index (χ1n) is 16.4. The average Bonchev–Trinajstić information content (AvgIpc) is 3.08. The first-order chi connectivity index (χ1) is 24.8. The van der Waals surface area contributed by atoms with Crippen LogP contribution in [0.1, 0.15) is 61.5 Å². The van der Waals surface area contributed by atoms with E-state index in [1.54, 1.807) is 57.2 Å². The quantitative estimate of drug-likeness (QED) is 0.116. The van der Waals surface area contributed by atoms with Crippen LogP contribution in [0.4, 0.5) is 14.9 Å². The largest absolute Gasteiger partial charge is 0.444 e. The maximum atomic E-state index is 14.9. The predicted octanol–water partition coefficient (Wildman–Crippen LogP) is 5.43. The minimum atomic E-state index is -3.87. The molecular weight excluding hydrogens is 754 g/mol. The van der Waals surface area contributed by atoms with E-state index < -0.39 is 62.5 Å². The van der Waals surface area contributed by atoms with Gasteiger partial charge in [-0.15, -0.1) is 0 Å². The second-order valence-corrected chi connectivity index (χ2v) is 15.6. The van der Waals surface area contributed by atoms with Gasteiger partial charge in [-0.3, -0.25) is 19.2 Å². The lowest BCUT2D eigenvalue weighted by atomic mass is 9.92. The molecule has 17 heteroatoms. The molecule has 0 aliphatic carbocycles. The van der Waals surface area contributed by atoms with Crippen LogP contribution in [0.25, 0.3) is 0 Å². The Kier molecular flexibility index (Phi) is 13.5. The van der Waals surface area contributed by atoms with Crippen molar-refractivity contribution >= 4 is 68.6 Å². The number of carbonyl (C=O) groups excluding carboxylic acids is 5. The third kappa shape index (κ3) is 11.9. The summed E-state index contributed by atoms with van der Waals surface area (Å²) in [4.78, 5) is 67.8. The number of ketones is 1. The summed E-state index contributed by atoms with van der Waals surface area (Å²) in [5, 5.41) is 7.02. The number of nitrogens with zero attached hydrogens (tertiary/aromatic N) is 1. The minimum Gasteiger partial charge on any atom is -0.444 e. The molecule has 13 nitrogen and oxygen atoms in total. The van der Waals surface area contributed by atoms with Crippen molar-refractivity contribution in [2.45, 2.75) is 70.7 Å². The molecule has 0 saturated carbocycles. The number of nitrogens with one attached hydrogen (secondary N) is 3. The molecule has 4 amide bonds. The molecule has 1 heterocycles. The molecule has 3 aromatic rings. The van der Waals surface area contributed by atoms with Gasteiger partial charge in [0.15, 0.2) is 11.6 Å². The summed E-state index contributed by atoms with van der Waals surface area (Å²) in [6.07, 6.45) is -0.540. The van der Waals surface area contributed by atoms with Crippen molar-refractivity contribution in [3.8, 4) is 5.75 Å². The van der Waals surface area contributed by atoms with Crippen LogP contribution in [0.15, 0.2) is 60.7 Å². The summed E-state index contributed by atoms with van der Waals surface area (Å²) in [7, 11) is -3.87. The van der Waals surface area contributed by atoms with Gasteiger partial charge in [0.1, 0.15) is 23.4 Å². The smallest absolute Gasteiger partial charge is 0.407 e. The van der Waals surface area contributed by atoms with Crippen LogP contribution in [-0.2, 0) is 42.2 Å². The first kappa shape index (κ1) is 41.0. The Labute approximate surface area is 316 Å². The number of alkyl carbamates (subject to hydrolysis) is 1. The van der Waals surface area contributed by atoms with Crippen molar-refractivity contribution in [2.24, 2.45) is 0 Å². The number of amides is 4. The molecule has 3 N–H and O–H groups in total. The number of hydrogen-bond acceptors (Lipinski definition) is 9. The molecule has 0 spiro atoms. The van der Waals surface area contributed by atoms with E-state index in [4.69, 9.17) is 32.1 Å². The fourth-order valence-electron chi connectivity index (χ4n) is 5.43. The van der Waals surface area contributed by atoms with Gasteiger partial charge in [0.2, 0.25) is 17.7 Å². The number of rotatable bonds is 13. The van der Waals surface area contributed by atoms with Crippen molar-refractivity contribution in [1.29, 1.82) is 0 Å². The van der Waals surface area contributed by atoms with E-state index in [-0.39, 0.29) is 61.0 Å². The Morgan fingerprint density at radius 2 is 1.68 bits per heavy atom. The van der Waals surface area contributed by atoms with Gasteiger partial charge in [0.25, 0.3) is 0 Å². The first-order valence-corrected chi connectivity index (χ1v) is 19.0. The number of Topliss-reactive ketones (excluding diaryl/α,β-unsaturated/α-hetero) is 1. The van der Waals surface area contributed by atoms with Gasteiger partial charge in [-0.1, -0.05) is 59.6 Å². The number of hydrogen-bond donors (Lipinski definition) is 3. The van der Waals surface area contributed by atoms with E-state index >= 15 is 0 Å². The van der Waals surface area contributed by atoms with Crippen LogP contribution in [0.5, 0.6) is 5.75 Å². The highest BCUT2D eigenvalue weighted by atomic mass is 35.5. The number of benzene rings is 3. The topological polar surface area (TPSA) is 177 Å². The SMILES string of the molecule is CC(C)(C)OC(=O)NCC[C@H](NC(=O)[C@@H]1Cc2ccc(OS(C)(=O)=O)cc2CN1C(=O)CCC(=O)c1ccccc1)C(=O)Nc1ccc(Cl)c(Cl)c1F. The zero-order valence-electron chi connectivity index (χ0n) is 29.3. The number of ether oxygens (including phenoxy) is 1. The fourth-order valence-corrected chi connectivity index (χ4v) is 6.19. The van der Waals surface area contributed by atoms with Crippen molar-refractivity contribution in [3.05, 3.63) is 93.2 Å². The van der Waals surface area contributed by atoms with Crippen molar-refractivity contribution in [2.75, 3.05) is 18.1 Å². The number of fused-ring (bicyclic) bond motifs is 1. The zero-order valence-corrected chi connectivity index (χ0v) is 31.7. The fraction of sp³-hybridized carbons (Fsp3) is 0.361. The highest BCUT2D eigenvalue weighted by molar-refractivity contribution is 7.86. The molecule has 3 aromatic carbocycles. The number of halogens is 3. The molecule has 0 bridgehead atoms. The molecule has 1 aliphatic rings. The van der Waals surface area contributed by atoms with Gasteiger partial charge in [-0.25, -0.2) is 9.18 Å². The summed E-state index contributed by atoms with van der Waals surface area (Å²) in [5.41, 5.74) is 0.387. The third-order valence-corrected chi connectivity index (χ3v) is 9.14. The lowest BCUT2D eigenvalue weighted by Gasteiger charge is -2.37. The summed E-state index contributed by atoms with van der Waals surface area (Å²) in [5.74, 6) is -3.47. The second kappa shape index (κ2) is 17.4. The monoisotopic (exact) mass is 792 g/mol. The summed E-state index contributed by atoms with van der Waals surface area (Å²) in [6.45, 7) is 4.69. The van der Waals surface area contributed by atoms with Gasteiger partial charge in [0, 0.05) is 37.9 Å². The van der Waals surface area contributed by atoms with Crippen molar-refractivity contribution in [3.63, 3.8) is 0 Å². The van der Waals surface area contributed by atoms with Gasteiger partial charge >= 0.3 is 16.2 Å². The Balaban J connectivity index is 1.60. The summed E-state index contributed by atoms with van der Waals surface area (Å²) < 4.78 is 48.7. The molecule has 0 fully saturated rings. The Bertz CT molecular complexity index is 1990. The van der Waals surface area contributed by atoms with Crippen LogP contribution in [0, 0.1) is 5.82 Å². The molecule has 0 aromatic heterocycles. The Morgan fingerprint density at radius 3 is 2.34 bits per heavy atom. The maximum absolute atomic E-state index is 14.9. The zero-order chi connectivity index (χ0) is 39.1. The van der Waals surface area contributed by atoms with Crippen molar-refractivity contribution in [1.82, 2.24) is 15.5 Å². The molecule has 53 heavy (non-hydrogen) atoms. The molecule has 1 aliphatic heterocycles. The van der Waals surface area contributed by atoms with Crippen LogP contribution < -0.4 is 20.1 Å². The Hall–Kier alpha value is -4.73. The summed E-state index contributed by atoms with van der Waals surface area (Å²) >= 11 is 11.8. The van der Waals surface area contributed by atoms with Gasteiger partial charge < -0.3 is 29.8 Å². The summed E-state index contributed by atoms with van der Waals surface area (Å²) in [6, 6.07) is 12.7. The van der Waals surface area contributed by atoms with E-state index in [2.05, 4.69) is 16.0 Å². The van der Waals surface area contributed by atoms with E-state index in [0.29, 0.717) is 16.7 Å². The van der Waals surface area contributed by atoms with E-state index in [1.165, 1.54) is 29.2 Å². The van der Waals surface area contributed by atoms with E-state index in [9.17, 15) is 36.8 Å². The van der Waals surface area contributed by atoms with Crippen LogP contribution in [0.3, 0.4) is 0 Å². The molecule has 2 atom stereocenters. The van der Waals surface area contributed by atoms with Crippen LogP contribution in [0.2, 0.25) is 10.0 Å². The lowest BCUT2D eigenvalue weighted by molar-refractivity contribution is -0.142. The molecule has 284 valence electrons. The number of carbonyl (C=O) groups is 5. The van der Waals surface area contributed by atoms with Crippen LogP contribution >= 0.6 is 23.2 Å². The van der Waals surface area contributed by atoms with Gasteiger partial charge in [-0.05, 0) is 62.6 Å². The molecule has 0 radical (unpaired) electrons. The van der Waals surface area contributed by atoms with Gasteiger partial charge in [-0.2, -0.15) is 8.42 Å². The predicted molar refractivity (Wildman–Crippen MR) is 196 cm³/mol. The number of anilines is 1. The Morgan fingerprint density at radius 1 is 0.981 bits per heavy atom. The lowest BCUT2D eigenvalue weighted by Crippen LogP contribution is -2.56.